The molecule has 92 valence electrons. The van der Waals surface area contributed by atoms with Crippen molar-refractivity contribution in [3.8, 4) is 0 Å². The van der Waals surface area contributed by atoms with Gasteiger partial charge in [-0.1, -0.05) is 12.1 Å². The van der Waals surface area contributed by atoms with Gasteiger partial charge in [0.15, 0.2) is 4.60 Å². The molecule has 1 atom stereocenters. The van der Waals surface area contributed by atoms with E-state index in [2.05, 4.69) is 44.7 Å². The summed E-state index contributed by atoms with van der Waals surface area (Å²) in [6.07, 6.45) is 4.37. The minimum absolute atomic E-state index is 0.335. The quantitative estimate of drug-likeness (QED) is 0.840. The lowest BCUT2D eigenvalue weighted by Crippen LogP contribution is -2.25. The standard InChI is InChI=1S/C10H19BrN4S/c1-4-6-12-8(5-7-16-3)9-10(11)13-14-15(9)2/h8,12H,4-7H2,1-3H3. The first kappa shape index (κ1) is 14.0. The Morgan fingerprint density at radius 1 is 1.56 bits per heavy atom. The SMILES string of the molecule is CCCNC(CCSC)c1c(Br)nnn1C. The van der Waals surface area contributed by atoms with Crippen LogP contribution in [0.15, 0.2) is 4.60 Å². The van der Waals surface area contributed by atoms with Crippen LogP contribution >= 0.6 is 27.7 Å². The van der Waals surface area contributed by atoms with E-state index in [1.807, 2.05) is 23.5 Å². The number of nitrogens with zero attached hydrogens (tertiary/aromatic N) is 3. The highest BCUT2D eigenvalue weighted by Gasteiger charge is 2.18. The number of halogens is 1. The van der Waals surface area contributed by atoms with Crippen LogP contribution in [0.25, 0.3) is 0 Å². The van der Waals surface area contributed by atoms with Crippen molar-refractivity contribution in [3.05, 3.63) is 10.3 Å². The summed E-state index contributed by atoms with van der Waals surface area (Å²) in [5, 5.41) is 11.6. The van der Waals surface area contributed by atoms with Gasteiger partial charge in [0.1, 0.15) is 0 Å². The normalized spacial score (nSPS) is 13.0. The van der Waals surface area contributed by atoms with Gasteiger partial charge in [0, 0.05) is 7.05 Å². The van der Waals surface area contributed by atoms with Crippen LogP contribution < -0.4 is 5.32 Å². The van der Waals surface area contributed by atoms with Gasteiger partial charge in [0.05, 0.1) is 11.7 Å². The van der Waals surface area contributed by atoms with Crippen LogP contribution in [0.5, 0.6) is 0 Å². The van der Waals surface area contributed by atoms with Gasteiger partial charge in [0.2, 0.25) is 0 Å². The molecular formula is C10H19BrN4S. The molecule has 4 nitrogen and oxygen atoms in total. The van der Waals surface area contributed by atoms with Crippen LogP contribution in [-0.2, 0) is 7.05 Å². The molecule has 0 aliphatic carbocycles. The Bertz CT molecular complexity index is 288. The van der Waals surface area contributed by atoms with E-state index < -0.39 is 0 Å². The van der Waals surface area contributed by atoms with E-state index in [1.54, 1.807) is 0 Å². The molecule has 0 saturated carbocycles. The highest BCUT2D eigenvalue weighted by atomic mass is 79.9. The minimum Gasteiger partial charge on any atom is -0.309 e. The molecule has 0 saturated heterocycles. The lowest BCUT2D eigenvalue weighted by atomic mass is 10.1. The summed E-state index contributed by atoms with van der Waals surface area (Å²) in [7, 11) is 1.94. The minimum atomic E-state index is 0.335. The smallest absolute Gasteiger partial charge is 0.153 e. The van der Waals surface area contributed by atoms with Crippen molar-refractivity contribution in [2.24, 2.45) is 7.05 Å². The number of nitrogens with one attached hydrogen (secondary N) is 1. The topological polar surface area (TPSA) is 42.7 Å². The molecule has 0 aliphatic heterocycles. The van der Waals surface area contributed by atoms with Gasteiger partial charge in [0.25, 0.3) is 0 Å². The fraction of sp³-hybridized carbons (Fsp3) is 0.800. The molecular weight excluding hydrogens is 288 g/mol. The van der Waals surface area contributed by atoms with E-state index in [9.17, 15) is 0 Å². The van der Waals surface area contributed by atoms with Crippen LogP contribution in [0.2, 0.25) is 0 Å². The molecule has 0 aliphatic rings. The Balaban J connectivity index is 2.74. The van der Waals surface area contributed by atoms with Crippen LogP contribution in [0.4, 0.5) is 0 Å². The Labute approximate surface area is 110 Å². The number of aryl methyl sites for hydroxylation is 1. The molecule has 1 aromatic heterocycles. The molecule has 6 heteroatoms. The van der Waals surface area contributed by atoms with Gasteiger partial charge in [-0.2, -0.15) is 11.8 Å². The summed E-state index contributed by atoms with van der Waals surface area (Å²) < 4.78 is 2.70. The van der Waals surface area contributed by atoms with Crippen LogP contribution in [-0.4, -0.2) is 33.5 Å². The van der Waals surface area contributed by atoms with Gasteiger partial charge in [-0.05, 0) is 47.3 Å². The Morgan fingerprint density at radius 2 is 2.31 bits per heavy atom. The summed E-state index contributed by atoms with van der Waals surface area (Å²) in [6.45, 7) is 3.20. The van der Waals surface area contributed by atoms with Crippen molar-refractivity contribution in [1.82, 2.24) is 20.3 Å². The van der Waals surface area contributed by atoms with E-state index in [0.717, 1.165) is 35.4 Å². The summed E-state index contributed by atoms with van der Waals surface area (Å²) in [6, 6.07) is 0.335. The van der Waals surface area contributed by atoms with Crippen molar-refractivity contribution in [1.29, 1.82) is 0 Å². The zero-order valence-electron chi connectivity index (χ0n) is 10.0. The zero-order chi connectivity index (χ0) is 12.0. The third-order valence-corrected chi connectivity index (χ3v) is 3.62. The van der Waals surface area contributed by atoms with Crippen molar-refractivity contribution in [2.75, 3.05) is 18.6 Å². The molecule has 0 amide bonds. The average molecular weight is 307 g/mol. The van der Waals surface area contributed by atoms with E-state index >= 15 is 0 Å². The maximum atomic E-state index is 4.04. The first-order valence-electron chi connectivity index (χ1n) is 5.48. The first-order valence-corrected chi connectivity index (χ1v) is 7.66. The van der Waals surface area contributed by atoms with Crippen LogP contribution in [0.3, 0.4) is 0 Å². The second-order valence-corrected chi connectivity index (χ2v) is 5.41. The van der Waals surface area contributed by atoms with Gasteiger partial charge in [-0.3, -0.25) is 0 Å². The molecule has 0 spiro atoms. The number of hydrogen-bond acceptors (Lipinski definition) is 4. The number of aromatic nitrogens is 3. The summed E-state index contributed by atoms with van der Waals surface area (Å²) in [4.78, 5) is 0. The monoisotopic (exact) mass is 306 g/mol. The first-order chi connectivity index (χ1) is 7.70. The molecule has 0 fully saturated rings. The lowest BCUT2D eigenvalue weighted by Gasteiger charge is -2.18. The second kappa shape index (κ2) is 7.29. The third kappa shape index (κ3) is 3.75. The molecule has 0 bridgehead atoms. The van der Waals surface area contributed by atoms with Gasteiger partial charge < -0.3 is 5.32 Å². The maximum absolute atomic E-state index is 4.04. The van der Waals surface area contributed by atoms with Gasteiger partial charge in [-0.15, -0.1) is 5.10 Å². The van der Waals surface area contributed by atoms with Gasteiger partial charge in [-0.25, -0.2) is 4.68 Å². The summed E-state index contributed by atoms with van der Waals surface area (Å²) >= 11 is 5.33. The number of thioether (sulfide) groups is 1. The lowest BCUT2D eigenvalue weighted by molar-refractivity contribution is 0.484. The van der Waals surface area contributed by atoms with Crippen molar-refractivity contribution >= 4 is 27.7 Å². The van der Waals surface area contributed by atoms with E-state index in [4.69, 9.17) is 0 Å². The highest BCUT2D eigenvalue weighted by Crippen LogP contribution is 2.24. The van der Waals surface area contributed by atoms with E-state index in [1.165, 1.54) is 0 Å². The predicted molar refractivity (Wildman–Crippen MR) is 72.7 cm³/mol. The second-order valence-electron chi connectivity index (χ2n) is 3.68. The fourth-order valence-corrected chi connectivity index (χ4v) is 2.67. The molecule has 1 N–H and O–H groups in total. The van der Waals surface area contributed by atoms with Crippen molar-refractivity contribution < 1.29 is 0 Å². The Hall–Kier alpha value is -0.0700. The van der Waals surface area contributed by atoms with E-state index in [0.29, 0.717) is 6.04 Å². The molecule has 1 heterocycles. The summed E-state index contributed by atoms with van der Waals surface area (Å²) in [5.41, 5.74) is 1.14. The number of hydrogen-bond donors (Lipinski definition) is 1. The number of rotatable bonds is 7. The predicted octanol–water partition coefficient (Wildman–Crippen LogP) is 2.37. The van der Waals surface area contributed by atoms with Crippen molar-refractivity contribution in [2.45, 2.75) is 25.8 Å². The molecule has 1 unspecified atom stereocenters. The molecule has 1 aromatic rings. The average Bonchev–Trinajstić information content (AvgIpc) is 2.60. The Morgan fingerprint density at radius 3 is 2.81 bits per heavy atom. The van der Waals surface area contributed by atoms with Gasteiger partial charge >= 0.3 is 0 Å². The van der Waals surface area contributed by atoms with Crippen molar-refractivity contribution in [3.63, 3.8) is 0 Å². The molecule has 16 heavy (non-hydrogen) atoms. The largest absolute Gasteiger partial charge is 0.309 e. The molecule has 0 radical (unpaired) electrons. The van der Waals surface area contributed by atoms with Crippen LogP contribution in [0.1, 0.15) is 31.5 Å². The third-order valence-electron chi connectivity index (χ3n) is 2.41. The molecule has 1 rings (SSSR count). The zero-order valence-corrected chi connectivity index (χ0v) is 12.4. The molecule has 0 aromatic carbocycles. The van der Waals surface area contributed by atoms with Crippen LogP contribution in [0, 0.1) is 0 Å². The Kier molecular flexibility index (Phi) is 6.38. The van der Waals surface area contributed by atoms with E-state index in [-0.39, 0.29) is 0 Å². The maximum Gasteiger partial charge on any atom is 0.153 e. The summed E-state index contributed by atoms with van der Waals surface area (Å²) in [5.74, 6) is 1.14. The highest BCUT2D eigenvalue weighted by molar-refractivity contribution is 9.10. The fourth-order valence-electron chi connectivity index (χ4n) is 1.60.